The fourth-order valence-electron chi connectivity index (χ4n) is 3.39. The Labute approximate surface area is 177 Å². The highest BCUT2D eigenvalue weighted by Crippen LogP contribution is 2.24. The molecule has 1 heterocycles. The molecule has 0 fully saturated rings. The van der Waals surface area contributed by atoms with Gasteiger partial charge in [0.15, 0.2) is 6.61 Å². The molecule has 7 heteroatoms. The predicted octanol–water partition coefficient (Wildman–Crippen LogP) is 3.42. The predicted molar refractivity (Wildman–Crippen MR) is 115 cm³/mol. The molecule has 1 N–H and O–H groups in total. The highest BCUT2D eigenvalue weighted by atomic mass is 16.5. The fourth-order valence-corrected chi connectivity index (χ4v) is 3.39. The van der Waals surface area contributed by atoms with Gasteiger partial charge in [-0.05, 0) is 41.1 Å². The zero-order chi connectivity index (χ0) is 22.0. The van der Waals surface area contributed by atoms with Crippen LogP contribution in [-0.2, 0) is 9.53 Å². The number of anilines is 1. The number of hydrogen-bond donors (Lipinski definition) is 1. The van der Waals surface area contributed by atoms with Gasteiger partial charge in [-0.3, -0.25) is 19.3 Å². The first kappa shape index (κ1) is 20.0. The first-order valence-corrected chi connectivity index (χ1v) is 9.55. The smallest absolute Gasteiger partial charge is 0.338 e. The molecule has 0 saturated heterocycles. The third-order valence-corrected chi connectivity index (χ3v) is 4.89. The molecule has 3 aromatic carbocycles. The maximum absolute atomic E-state index is 12.4. The van der Waals surface area contributed by atoms with Crippen LogP contribution in [0.2, 0.25) is 0 Å². The first-order valence-electron chi connectivity index (χ1n) is 9.55. The van der Waals surface area contributed by atoms with E-state index in [-0.39, 0.29) is 23.2 Å². The second-order valence-electron chi connectivity index (χ2n) is 6.96. The van der Waals surface area contributed by atoms with Crippen molar-refractivity contribution in [2.24, 2.45) is 0 Å². The Morgan fingerprint density at radius 2 is 1.68 bits per heavy atom. The summed E-state index contributed by atoms with van der Waals surface area (Å²) < 4.78 is 5.07. The Balaban J connectivity index is 1.40. The van der Waals surface area contributed by atoms with Crippen LogP contribution in [-0.4, -0.2) is 41.7 Å². The molecule has 0 saturated carbocycles. The van der Waals surface area contributed by atoms with E-state index < -0.39 is 30.3 Å². The normalized spacial score (nSPS) is 12.6. The van der Waals surface area contributed by atoms with Crippen molar-refractivity contribution >= 4 is 40.2 Å². The van der Waals surface area contributed by atoms with Crippen LogP contribution in [0.15, 0.2) is 73.3 Å². The van der Waals surface area contributed by atoms with Gasteiger partial charge in [-0.1, -0.05) is 36.4 Å². The second kappa shape index (κ2) is 8.23. The molecule has 0 spiro atoms. The Hall–Kier alpha value is -4.26. The molecule has 0 radical (unpaired) electrons. The van der Waals surface area contributed by atoms with Gasteiger partial charge in [-0.25, -0.2) is 4.79 Å². The number of carbonyl (C=O) groups excluding carboxylic acids is 4. The van der Waals surface area contributed by atoms with Crippen LogP contribution in [0.4, 0.5) is 5.69 Å². The fraction of sp³-hybridized carbons (Fsp3) is 0.0833. The van der Waals surface area contributed by atoms with E-state index in [0.29, 0.717) is 5.69 Å². The zero-order valence-electron chi connectivity index (χ0n) is 16.5. The van der Waals surface area contributed by atoms with Gasteiger partial charge in [0, 0.05) is 12.2 Å². The van der Waals surface area contributed by atoms with Crippen LogP contribution in [0, 0.1) is 0 Å². The highest BCUT2D eigenvalue weighted by Gasteiger charge is 2.35. The van der Waals surface area contributed by atoms with Crippen molar-refractivity contribution in [2.75, 3.05) is 18.5 Å². The second-order valence-corrected chi connectivity index (χ2v) is 6.96. The Morgan fingerprint density at radius 3 is 2.45 bits per heavy atom. The highest BCUT2D eigenvalue weighted by molar-refractivity contribution is 6.22. The average Bonchev–Trinajstić information content (AvgIpc) is 3.02. The number of imide groups is 1. The summed E-state index contributed by atoms with van der Waals surface area (Å²) in [5.41, 5.74) is 1.02. The van der Waals surface area contributed by atoms with Gasteiger partial charge in [0.25, 0.3) is 17.7 Å². The molecule has 3 amide bonds. The largest absolute Gasteiger partial charge is 0.452 e. The van der Waals surface area contributed by atoms with E-state index in [1.165, 1.54) is 24.3 Å². The number of rotatable bonds is 6. The van der Waals surface area contributed by atoms with E-state index >= 15 is 0 Å². The van der Waals surface area contributed by atoms with Crippen LogP contribution < -0.4 is 5.32 Å². The van der Waals surface area contributed by atoms with Crippen LogP contribution in [0.25, 0.3) is 10.8 Å². The van der Waals surface area contributed by atoms with Crippen molar-refractivity contribution in [3.63, 3.8) is 0 Å². The minimum Gasteiger partial charge on any atom is -0.452 e. The summed E-state index contributed by atoms with van der Waals surface area (Å²) in [4.78, 5) is 50.2. The number of ether oxygens (including phenoxy) is 1. The minimum absolute atomic E-state index is 0.0823. The van der Waals surface area contributed by atoms with Crippen molar-refractivity contribution in [1.82, 2.24) is 4.90 Å². The SMILES string of the molecule is C=CCN1C(=O)c2ccc(C(=O)OCC(=O)Nc3ccc4ccccc4c3)cc2C1=O. The van der Waals surface area contributed by atoms with E-state index in [1.54, 1.807) is 6.07 Å². The van der Waals surface area contributed by atoms with E-state index in [0.717, 1.165) is 15.7 Å². The zero-order valence-corrected chi connectivity index (χ0v) is 16.5. The lowest BCUT2D eigenvalue weighted by molar-refractivity contribution is -0.119. The summed E-state index contributed by atoms with van der Waals surface area (Å²) >= 11 is 0. The maximum atomic E-state index is 12.4. The van der Waals surface area contributed by atoms with Crippen molar-refractivity contribution in [1.29, 1.82) is 0 Å². The number of esters is 1. The Bertz CT molecular complexity index is 1250. The van der Waals surface area contributed by atoms with Gasteiger partial charge in [0.2, 0.25) is 0 Å². The van der Waals surface area contributed by atoms with Gasteiger partial charge >= 0.3 is 5.97 Å². The Kier molecular flexibility index (Phi) is 5.32. The first-order chi connectivity index (χ1) is 15.0. The number of amides is 3. The quantitative estimate of drug-likeness (QED) is 0.379. The van der Waals surface area contributed by atoms with Crippen molar-refractivity contribution in [3.05, 3.63) is 90.0 Å². The molecule has 0 atom stereocenters. The number of carbonyl (C=O) groups is 4. The van der Waals surface area contributed by atoms with Gasteiger partial charge in [-0.15, -0.1) is 6.58 Å². The Morgan fingerprint density at radius 1 is 0.935 bits per heavy atom. The molecule has 0 bridgehead atoms. The number of benzene rings is 3. The molecular weight excluding hydrogens is 396 g/mol. The van der Waals surface area contributed by atoms with Crippen LogP contribution in [0.5, 0.6) is 0 Å². The molecule has 7 nitrogen and oxygen atoms in total. The van der Waals surface area contributed by atoms with Crippen LogP contribution >= 0.6 is 0 Å². The lowest BCUT2D eigenvalue weighted by Gasteiger charge is -2.09. The number of fused-ring (bicyclic) bond motifs is 2. The summed E-state index contributed by atoms with van der Waals surface area (Å²) in [6.45, 7) is 3.13. The molecular formula is C24H18N2O5. The van der Waals surface area contributed by atoms with E-state index in [2.05, 4.69) is 11.9 Å². The summed E-state index contributed by atoms with van der Waals surface area (Å²) in [6, 6.07) is 17.3. The summed E-state index contributed by atoms with van der Waals surface area (Å²) in [5.74, 6) is -2.19. The number of nitrogens with zero attached hydrogens (tertiary/aromatic N) is 1. The lowest BCUT2D eigenvalue weighted by Crippen LogP contribution is -2.29. The van der Waals surface area contributed by atoms with E-state index in [1.807, 2.05) is 36.4 Å². The van der Waals surface area contributed by atoms with Gasteiger partial charge in [-0.2, -0.15) is 0 Å². The molecule has 0 aliphatic carbocycles. The van der Waals surface area contributed by atoms with Crippen LogP contribution in [0.1, 0.15) is 31.1 Å². The molecule has 4 rings (SSSR count). The average molecular weight is 414 g/mol. The summed E-state index contributed by atoms with van der Waals surface area (Å²) in [6.07, 6.45) is 1.45. The number of hydrogen-bond acceptors (Lipinski definition) is 5. The molecule has 1 aliphatic rings. The third-order valence-electron chi connectivity index (χ3n) is 4.89. The minimum atomic E-state index is -0.765. The molecule has 31 heavy (non-hydrogen) atoms. The molecule has 3 aromatic rings. The van der Waals surface area contributed by atoms with E-state index in [9.17, 15) is 19.2 Å². The van der Waals surface area contributed by atoms with Gasteiger partial charge in [0.1, 0.15) is 0 Å². The van der Waals surface area contributed by atoms with Crippen molar-refractivity contribution < 1.29 is 23.9 Å². The van der Waals surface area contributed by atoms with Crippen LogP contribution in [0.3, 0.4) is 0 Å². The maximum Gasteiger partial charge on any atom is 0.338 e. The molecule has 1 aliphatic heterocycles. The number of nitrogens with one attached hydrogen (secondary N) is 1. The van der Waals surface area contributed by atoms with Crippen molar-refractivity contribution in [3.8, 4) is 0 Å². The topological polar surface area (TPSA) is 92.8 Å². The van der Waals surface area contributed by atoms with E-state index in [4.69, 9.17) is 4.74 Å². The monoisotopic (exact) mass is 414 g/mol. The summed E-state index contributed by atoms with van der Waals surface area (Å²) in [7, 11) is 0. The summed E-state index contributed by atoms with van der Waals surface area (Å²) in [5, 5.41) is 4.70. The van der Waals surface area contributed by atoms with Crippen molar-refractivity contribution in [2.45, 2.75) is 0 Å². The standard InChI is InChI=1S/C24H18N2O5/c1-2-11-26-22(28)19-10-8-17(13-20(19)23(26)29)24(30)31-14-21(27)25-18-9-7-15-5-3-4-6-16(15)12-18/h2-10,12-13H,1,11,14H2,(H,25,27). The third kappa shape index (κ3) is 3.93. The van der Waals surface area contributed by atoms with Gasteiger partial charge in [0.05, 0.1) is 16.7 Å². The molecule has 0 unspecified atom stereocenters. The lowest BCUT2D eigenvalue weighted by atomic mass is 10.1. The van der Waals surface area contributed by atoms with Gasteiger partial charge < -0.3 is 10.1 Å². The molecule has 154 valence electrons. The molecule has 0 aromatic heterocycles.